The summed E-state index contributed by atoms with van der Waals surface area (Å²) in [4.78, 5) is 12.3. The minimum atomic E-state index is -4.48. The average Bonchev–Trinajstić information content (AvgIpc) is 3.16. The Morgan fingerprint density at radius 2 is 1.88 bits per heavy atom. The van der Waals surface area contributed by atoms with E-state index in [-0.39, 0.29) is 18.1 Å². The minimum Gasteiger partial charge on any atom is -0.496 e. The number of halogens is 3. The Morgan fingerprint density at radius 3 is 2.58 bits per heavy atom. The predicted octanol–water partition coefficient (Wildman–Crippen LogP) is 3.94. The molecule has 1 amide bonds. The van der Waals surface area contributed by atoms with Crippen LogP contribution in [0.5, 0.6) is 17.2 Å². The number of amides is 1. The highest BCUT2D eigenvalue weighted by Crippen LogP contribution is 2.42. The molecule has 5 nitrogen and oxygen atoms in total. The second-order valence-electron chi connectivity index (χ2n) is 5.72. The number of rotatable bonds is 2. The maximum absolute atomic E-state index is 12.9. The fourth-order valence-corrected chi connectivity index (χ4v) is 2.90. The standard InChI is InChI=1S/C18H12F3NO4/c1-24-14-7-16-15(25-8-26-16)5-9(14)4-12-11-3-2-10(18(19,20)21)6-13(11)22-17(12)23/h2-7H,8H2,1H3,(H,22,23)/b12-4-. The van der Waals surface area contributed by atoms with Gasteiger partial charge in [-0.05, 0) is 24.3 Å². The van der Waals surface area contributed by atoms with Crippen LogP contribution in [0.15, 0.2) is 30.3 Å². The van der Waals surface area contributed by atoms with Crippen LogP contribution < -0.4 is 19.5 Å². The van der Waals surface area contributed by atoms with Crippen molar-refractivity contribution in [2.24, 2.45) is 0 Å². The fraction of sp³-hybridized carbons (Fsp3) is 0.167. The second-order valence-corrected chi connectivity index (χ2v) is 5.72. The zero-order valence-electron chi connectivity index (χ0n) is 13.4. The number of ether oxygens (including phenoxy) is 3. The summed E-state index contributed by atoms with van der Waals surface area (Å²) in [5.41, 5.74) is 0.484. The van der Waals surface area contributed by atoms with Gasteiger partial charge in [0, 0.05) is 28.5 Å². The van der Waals surface area contributed by atoms with Crippen LogP contribution in [0.3, 0.4) is 0 Å². The van der Waals surface area contributed by atoms with Gasteiger partial charge in [-0.1, -0.05) is 6.07 Å². The number of hydrogen-bond donors (Lipinski definition) is 1. The van der Waals surface area contributed by atoms with Gasteiger partial charge in [-0.3, -0.25) is 4.79 Å². The van der Waals surface area contributed by atoms with Crippen molar-refractivity contribution >= 4 is 23.2 Å². The molecule has 0 radical (unpaired) electrons. The molecule has 2 aliphatic rings. The first-order valence-electron chi connectivity index (χ1n) is 7.59. The van der Waals surface area contributed by atoms with E-state index in [4.69, 9.17) is 14.2 Å². The molecule has 0 unspecified atom stereocenters. The highest BCUT2D eigenvalue weighted by molar-refractivity contribution is 6.35. The first-order valence-corrected chi connectivity index (χ1v) is 7.59. The lowest BCUT2D eigenvalue weighted by atomic mass is 10.0. The quantitative estimate of drug-likeness (QED) is 0.822. The monoisotopic (exact) mass is 363 g/mol. The lowest BCUT2D eigenvalue weighted by molar-refractivity contribution is -0.137. The number of benzene rings is 2. The van der Waals surface area contributed by atoms with Crippen LogP contribution in [0, 0.1) is 0 Å². The molecule has 1 N–H and O–H groups in total. The van der Waals surface area contributed by atoms with Crippen LogP contribution >= 0.6 is 0 Å². The van der Waals surface area contributed by atoms with E-state index in [1.807, 2.05) is 0 Å². The van der Waals surface area contributed by atoms with Gasteiger partial charge in [0.05, 0.1) is 12.7 Å². The van der Waals surface area contributed by atoms with E-state index in [9.17, 15) is 18.0 Å². The maximum Gasteiger partial charge on any atom is 0.416 e. The van der Waals surface area contributed by atoms with Gasteiger partial charge in [-0.25, -0.2) is 0 Å². The molecule has 0 saturated heterocycles. The Kier molecular flexibility index (Phi) is 3.57. The van der Waals surface area contributed by atoms with Crippen molar-refractivity contribution in [1.82, 2.24) is 0 Å². The molecule has 0 saturated carbocycles. The summed E-state index contributed by atoms with van der Waals surface area (Å²) in [5.74, 6) is 0.993. The van der Waals surface area contributed by atoms with E-state index in [0.29, 0.717) is 28.4 Å². The first kappa shape index (κ1) is 16.3. The third-order valence-electron chi connectivity index (χ3n) is 4.15. The average molecular weight is 363 g/mol. The van der Waals surface area contributed by atoms with Gasteiger partial charge in [0.15, 0.2) is 11.5 Å². The highest BCUT2D eigenvalue weighted by Gasteiger charge is 2.33. The lowest BCUT2D eigenvalue weighted by Gasteiger charge is -2.09. The van der Waals surface area contributed by atoms with Crippen molar-refractivity contribution in [1.29, 1.82) is 0 Å². The first-order chi connectivity index (χ1) is 12.4. The van der Waals surface area contributed by atoms with Crippen LogP contribution in [0.1, 0.15) is 16.7 Å². The number of methoxy groups -OCH3 is 1. The van der Waals surface area contributed by atoms with Gasteiger partial charge in [0.25, 0.3) is 5.91 Å². The van der Waals surface area contributed by atoms with Crippen LogP contribution in [-0.2, 0) is 11.0 Å². The second kappa shape index (κ2) is 5.69. The van der Waals surface area contributed by atoms with E-state index in [0.717, 1.165) is 12.1 Å². The van der Waals surface area contributed by atoms with Crippen molar-refractivity contribution in [3.63, 3.8) is 0 Å². The molecule has 0 spiro atoms. The number of hydrogen-bond acceptors (Lipinski definition) is 4. The van der Waals surface area contributed by atoms with Crippen LogP contribution in [0.2, 0.25) is 0 Å². The zero-order chi connectivity index (χ0) is 18.5. The fourth-order valence-electron chi connectivity index (χ4n) is 2.90. The summed E-state index contributed by atoms with van der Waals surface area (Å²) in [6, 6.07) is 6.44. The predicted molar refractivity (Wildman–Crippen MR) is 87.1 cm³/mol. The summed E-state index contributed by atoms with van der Waals surface area (Å²) in [5, 5.41) is 2.47. The summed E-state index contributed by atoms with van der Waals surface area (Å²) >= 11 is 0. The molecule has 2 aromatic carbocycles. The smallest absolute Gasteiger partial charge is 0.416 e. The van der Waals surface area contributed by atoms with Gasteiger partial charge in [0.1, 0.15) is 5.75 Å². The molecule has 8 heteroatoms. The highest BCUT2D eigenvalue weighted by atomic mass is 19.4. The molecule has 2 aromatic rings. The molecule has 0 fully saturated rings. The molecular formula is C18H12F3NO4. The van der Waals surface area contributed by atoms with Gasteiger partial charge in [-0.15, -0.1) is 0 Å². The van der Waals surface area contributed by atoms with Crippen molar-refractivity contribution in [3.05, 3.63) is 47.0 Å². The third kappa shape index (κ3) is 2.63. The molecule has 0 aliphatic carbocycles. The van der Waals surface area contributed by atoms with E-state index in [1.54, 1.807) is 18.2 Å². The Hall–Kier alpha value is -3.16. The van der Waals surface area contributed by atoms with Gasteiger partial charge < -0.3 is 19.5 Å². The molecule has 0 aromatic heterocycles. The molecule has 2 aliphatic heterocycles. The van der Waals surface area contributed by atoms with Crippen LogP contribution in [-0.4, -0.2) is 19.8 Å². The Balaban J connectivity index is 1.79. The van der Waals surface area contributed by atoms with Crippen LogP contribution in [0.25, 0.3) is 11.6 Å². The summed E-state index contributed by atoms with van der Waals surface area (Å²) < 4.78 is 54.5. The van der Waals surface area contributed by atoms with E-state index >= 15 is 0 Å². The van der Waals surface area contributed by atoms with E-state index < -0.39 is 17.6 Å². The SMILES string of the molecule is COc1cc2c(cc1/C=C1\C(=O)Nc3cc(C(F)(F)F)ccc31)OCO2. The van der Waals surface area contributed by atoms with E-state index in [2.05, 4.69) is 5.32 Å². The van der Waals surface area contributed by atoms with Crippen LogP contribution in [0.4, 0.5) is 18.9 Å². The van der Waals surface area contributed by atoms with Crippen molar-refractivity contribution < 1.29 is 32.2 Å². The van der Waals surface area contributed by atoms with Crippen molar-refractivity contribution in [2.75, 3.05) is 19.2 Å². The molecule has 4 rings (SSSR count). The number of fused-ring (bicyclic) bond motifs is 2. The Labute approximate surface area is 146 Å². The normalized spacial score (nSPS) is 16.6. The van der Waals surface area contributed by atoms with Crippen molar-refractivity contribution in [3.8, 4) is 17.2 Å². The third-order valence-corrected chi connectivity index (χ3v) is 4.15. The molecule has 134 valence electrons. The Morgan fingerprint density at radius 1 is 1.15 bits per heavy atom. The van der Waals surface area contributed by atoms with Gasteiger partial charge in [-0.2, -0.15) is 13.2 Å². The molecule has 0 bridgehead atoms. The van der Waals surface area contributed by atoms with Crippen molar-refractivity contribution in [2.45, 2.75) is 6.18 Å². The Bertz CT molecular complexity index is 950. The molecule has 0 atom stereocenters. The summed E-state index contributed by atoms with van der Waals surface area (Å²) in [6.45, 7) is 0.0854. The minimum absolute atomic E-state index is 0.0854. The molecular weight excluding hydrogens is 351 g/mol. The molecule has 26 heavy (non-hydrogen) atoms. The number of nitrogens with one attached hydrogen (secondary N) is 1. The maximum atomic E-state index is 12.9. The number of carbonyl (C=O) groups excluding carboxylic acids is 1. The lowest BCUT2D eigenvalue weighted by Crippen LogP contribution is -2.06. The zero-order valence-corrected chi connectivity index (χ0v) is 13.4. The number of anilines is 1. The number of alkyl halides is 3. The topological polar surface area (TPSA) is 56.8 Å². The van der Waals surface area contributed by atoms with Gasteiger partial charge in [0.2, 0.25) is 6.79 Å². The van der Waals surface area contributed by atoms with E-state index in [1.165, 1.54) is 13.2 Å². The summed E-state index contributed by atoms with van der Waals surface area (Å²) in [6.07, 6.45) is -2.93. The number of carbonyl (C=O) groups is 1. The largest absolute Gasteiger partial charge is 0.496 e. The molecule has 2 heterocycles. The van der Waals surface area contributed by atoms with Gasteiger partial charge >= 0.3 is 6.18 Å². The summed E-state index contributed by atoms with van der Waals surface area (Å²) in [7, 11) is 1.47.